The number of H-pyrrole nitrogens is 1. The van der Waals surface area contributed by atoms with E-state index in [0.29, 0.717) is 23.5 Å². The number of hydrogen-bond donors (Lipinski definition) is 2. The summed E-state index contributed by atoms with van der Waals surface area (Å²) in [6.07, 6.45) is 0.655. The van der Waals surface area contributed by atoms with E-state index in [1.165, 1.54) is 0 Å². The van der Waals surface area contributed by atoms with E-state index >= 15 is 0 Å². The fourth-order valence-electron chi connectivity index (χ4n) is 2.07. The number of carboxylic acid groups (broad SMARTS) is 1. The molecule has 5 nitrogen and oxygen atoms in total. The number of aliphatic carboxylic acids is 1. The number of rotatable bonds is 5. The molecule has 6 heteroatoms. The second kappa shape index (κ2) is 6.67. The van der Waals surface area contributed by atoms with Crippen molar-refractivity contribution < 1.29 is 9.90 Å². The normalized spacial score (nSPS) is 10.6. The van der Waals surface area contributed by atoms with Gasteiger partial charge >= 0.3 is 5.97 Å². The molecule has 2 N–H and O–H groups in total. The van der Waals surface area contributed by atoms with Crippen molar-refractivity contribution in [3.63, 3.8) is 0 Å². The van der Waals surface area contributed by atoms with Crippen LogP contribution >= 0.6 is 15.9 Å². The van der Waals surface area contributed by atoms with Crippen LogP contribution in [0.25, 0.3) is 0 Å². The first kappa shape index (κ1) is 15.4. The van der Waals surface area contributed by atoms with Gasteiger partial charge in [0.15, 0.2) is 0 Å². The number of hydrogen-bond acceptors (Lipinski definition) is 3. The number of benzene rings is 1. The molecule has 0 fully saturated rings. The molecule has 0 unspecified atom stereocenters. The summed E-state index contributed by atoms with van der Waals surface area (Å²) in [7, 11) is 0. The van der Waals surface area contributed by atoms with E-state index in [-0.39, 0.29) is 18.4 Å². The molecule has 2 aromatic rings. The molecule has 0 aliphatic carbocycles. The lowest BCUT2D eigenvalue weighted by Crippen LogP contribution is -2.20. The SMILES string of the molecule is Cc1nc(Cc2ccc(Br)cc2)[nH]c(=O)c1CCC(=O)O. The summed E-state index contributed by atoms with van der Waals surface area (Å²) in [6.45, 7) is 1.73. The molecule has 0 bridgehead atoms. The zero-order valence-electron chi connectivity index (χ0n) is 11.5. The van der Waals surface area contributed by atoms with E-state index in [2.05, 4.69) is 25.9 Å². The van der Waals surface area contributed by atoms with E-state index in [1.807, 2.05) is 24.3 Å². The molecule has 0 saturated carbocycles. The van der Waals surface area contributed by atoms with Gasteiger partial charge in [-0.25, -0.2) is 4.98 Å². The first-order valence-electron chi connectivity index (χ1n) is 6.50. The van der Waals surface area contributed by atoms with Crippen LogP contribution < -0.4 is 5.56 Å². The van der Waals surface area contributed by atoms with Crippen LogP contribution in [-0.2, 0) is 17.6 Å². The van der Waals surface area contributed by atoms with Crippen molar-refractivity contribution in [1.29, 1.82) is 0 Å². The summed E-state index contributed by atoms with van der Waals surface area (Å²) in [6, 6.07) is 7.78. The lowest BCUT2D eigenvalue weighted by atomic mass is 10.1. The highest BCUT2D eigenvalue weighted by molar-refractivity contribution is 9.10. The van der Waals surface area contributed by atoms with Crippen LogP contribution in [0.4, 0.5) is 0 Å². The Labute approximate surface area is 130 Å². The van der Waals surface area contributed by atoms with Gasteiger partial charge in [0.1, 0.15) is 5.82 Å². The van der Waals surface area contributed by atoms with Gasteiger partial charge in [0.2, 0.25) is 0 Å². The number of carboxylic acids is 1. The Morgan fingerprint density at radius 1 is 1.33 bits per heavy atom. The maximum atomic E-state index is 12.0. The molecular weight excluding hydrogens is 336 g/mol. The zero-order chi connectivity index (χ0) is 15.4. The van der Waals surface area contributed by atoms with Crippen LogP contribution in [0.15, 0.2) is 33.5 Å². The number of nitrogens with zero attached hydrogens (tertiary/aromatic N) is 1. The molecule has 0 spiro atoms. The molecule has 2 rings (SSSR count). The van der Waals surface area contributed by atoms with Gasteiger partial charge in [-0.2, -0.15) is 0 Å². The fourth-order valence-corrected chi connectivity index (χ4v) is 2.34. The molecule has 1 aromatic heterocycles. The Hall–Kier alpha value is -1.95. The lowest BCUT2D eigenvalue weighted by Gasteiger charge is -2.07. The first-order chi connectivity index (χ1) is 9.95. The van der Waals surface area contributed by atoms with Crippen molar-refractivity contribution in [2.45, 2.75) is 26.2 Å². The van der Waals surface area contributed by atoms with Gasteiger partial charge < -0.3 is 10.1 Å². The average Bonchev–Trinajstić information content (AvgIpc) is 2.40. The maximum Gasteiger partial charge on any atom is 0.303 e. The Morgan fingerprint density at radius 2 is 2.00 bits per heavy atom. The van der Waals surface area contributed by atoms with Gasteiger partial charge in [-0.15, -0.1) is 0 Å². The van der Waals surface area contributed by atoms with Crippen LogP contribution in [-0.4, -0.2) is 21.0 Å². The van der Waals surface area contributed by atoms with Gasteiger partial charge in [0.05, 0.1) is 0 Å². The topological polar surface area (TPSA) is 83.0 Å². The lowest BCUT2D eigenvalue weighted by molar-refractivity contribution is -0.136. The number of carbonyl (C=O) groups is 1. The second-order valence-corrected chi connectivity index (χ2v) is 5.69. The minimum absolute atomic E-state index is 0.0718. The van der Waals surface area contributed by atoms with Crippen molar-refractivity contribution in [3.05, 3.63) is 61.7 Å². The van der Waals surface area contributed by atoms with Crippen molar-refractivity contribution in [2.24, 2.45) is 0 Å². The van der Waals surface area contributed by atoms with Crippen molar-refractivity contribution in [2.75, 3.05) is 0 Å². The molecule has 0 aliphatic rings. The molecule has 21 heavy (non-hydrogen) atoms. The predicted octanol–water partition coefficient (Wildman–Crippen LogP) is 2.45. The number of halogens is 1. The first-order valence-corrected chi connectivity index (χ1v) is 7.30. The highest BCUT2D eigenvalue weighted by Crippen LogP contribution is 2.13. The van der Waals surface area contributed by atoms with E-state index < -0.39 is 5.97 Å². The Kier molecular flexibility index (Phi) is 4.90. The number of aryl methyl sites for hydroxylation is 1. The molecule has 0 amide bonds. The number of aromatic nitrogens is 2. The minimum atomic E-state index is -0.923. The molecule has 0 saturated heterocycles. The minimum Gasteiger partial charge on any atom is -0.481 e. The number of nitrogens with one attached hydrogen (secondary N) is 1. The summed E-state index contributed by atoms with van der Waals surface area (Å²) in [4.78, 5) is 29.7. The van der Waals surface area contributed by atoms with Crippen molar-refractivity contribution >= 4 is 21.9 Å². The molecular formula is C15H15BrN2O3. The smallest absolute Gasteiger partial charge is 0.303 e. The van der Waals surface area contributed by atoms with Crippen LogP contribution in [0, 0.1) is 6.92 Å². The van der Waals surface area contributed by atoms with Gasteiger partial charge in [-0.1, -0.05) is 28.1 Å². The molecule has 0 radical (unpaired) electrons. The third kappa shape index (κ3) is 4.26. The molecule has 0 atom stereocenters. The van der Waals surface area contributed by atoms with E-state index in [4.69, 9.17) is 5.11 Å². The quantitative estimate of drug-likeness (QED) is 0.867. The van der Waals surface area contributed by atoms with E-state index in [1.54, 1.807) is 6.92 Å². The largest absolute Gasteiger partial charge is 0.481 e. The number of aromatic amines is 1. The third-order valence-electron chi connectivity index (χ3n) is 3.15. The molecule has 0 aliphatic heterocycles. The summed E-state index contributed by atoms with van der Waals surface area (Å²) >= 11 is 3.37. The van der Waals surface area contributed by atoms with Crippen LogP contribution in [0.5, 0.6) is 0 Å². The van der Waals surface area contributed by atoms with Gasteiger partial charge in [-0.3, -0.25) is 9.59 Å². The van der Waals surface area contributed by atoms with Crippen LogP contribution in [0.2, 0.25) is 0 Å². The van der Waals surface area contributed by atoms with Crippen molar-refractivity contribution in [1.82, 2.24) is 9.97 Å². The Balaban J connectivity index is 2.21. The van der Waals surface area contributed by atoms with E-state index in [0.717, 1.165) is 10.0 Å². The average molecular weight is 351 g/mol. The van der Waals surface area contributed by atoms with Crippen molar-refractivity contribution in [3.8, 4) is 0 Å². The van der Waals surface area contributed by atoms with Gasteiger partial charge in [-0.05, 0) is 31.0 Å². The summed E-state index contributed by atoms with van der Waals surface area (Å²) in [5, 5.41) is 8.69. The Bertz CT molecular complexity index is 708. The third-order valence-corrected chi connectivity index (χ3v) is 3.67. The zero-order valence-corrected chi connectivity index (χ0v) is 13.1. The predicted molar refractivity (Wildman–Crippen MR) is 82.5 cm³/mol. The highest BCUT2D eigenvalue weighted by atomic mass is 79.9. The summed E-state index contributed by atoms with van der Waals surface area (Å²) < 4.78 is 0.993. The van der Waals surface area contributed by atoms with Gasteiger partial charge in [0.25, 0.3) is 5.56 Å². The summed E-state index contributed by atoms with van der Waals surface area (Å²) in [5.41, 5.74) is 1.82. The highest BCUT2D eigenvalue weighted by Gasteiger charge is 2.10. The standard InChI is InChI=1S/C15H15BrN2O3/c1-9-12(6-7-14(19)20)15(21)18-13(17-9)8-10-2-4-11(16)5-3-10/h2-5H,6-8H2,1H3,(H,19,20)(H,17,18,21). The molecule has 1 aromatic carbocycles. The van der Waals surface area contributed by atoms with Crippen LogP contribution in [0.3, 0.4) is 0 Å². The monoisotopic (exact) mass is 350 g/mol. The second-order valence-electron chi connectivity index (χ2n) is 4.77. The maximum absolute atomic E-state index is 12.0. The van der Waals surface area contributed by atoms with Gasteiger partial charge in [0, 0.05) is 28.6 Å². The van der Waals surface area contributed by atoms with Crippen LogP contribution in [0.1, 0.15) is 29.1 Å². The fraction of sp³-hybridized carbons (Fsp3) is 0.267. The van der Waals surface area contributed by atoms with E-state index in [9.17, 15) is 9.59 Å². The summed E-state index contributed by atoms with van der Waals surface area (Å²) in [5.74, 6) is -0.341. The molecule has 110 valence electrons. The molecule has 1 heterocycles. The Morgan fingerprint density at radius 3 is 2.57 bits per heavy atom.